The first kappa shape index (κ1) is 16.7. The third-order valence-corrected chi connectivity index (χ3v) is 3.69. The van der Waals surface area contributed by atoms with E-state index >= 15 is 0 Å². The topological polar surface area (TPSA) is 97.9 Å². The summed E-state index contributed by atoms with van der Waals surface area (Å²) in [4.78, 5) is 16.5. The molecule has 0 radical (unpaired) electrons. The molecule has 8 heteroatoms. The van der Waals surface area contributed by atoms with E-state index in [1.807, 2.05) is 45.3 Å². The largest absolute Gasteiger partial charge is 0.339 e. The Morgan fingerprint density at radius 2 is 2.08 bits per heavy atom. The minimum Gasteiger partial charge on any atom is -0.339 e. The first-order chi connectivity index (χ1) is 11.8. The monoisotopic (exact) mass is 340 g/mol. The molecule has 0 fully saturated rings. The standard InChI is InChI=1S/C17H20N6O2/c1-11-18-15(22-25-11)12-6-5-7-13(10-12)19-16(24)20-17(2,3)14-8-9-23(4)21-14/h5-10H,1-4H3,(H2,19,20,24). The van der Waals surface area contributed by atoms with E-state index < -0.39 is 5.54 Å². The molecule has 0 aliphatic carbocycles. The minimum absolute atomic E-state index is 0.322. The Bertz CT molecular complexity index is 896. The summed E-state index contributed by atoms with van der Waals surface area (Å²) in [6.07, 6.45) is 1.84. The van der Waals surface area contributed by atoms with Gasteiger partial charge in [0.15, 0.2) is 0 Å². The molecule has 0 unspecified atom stereocenters. The number of hydrogen-bond donors (Lipinski definition) is 2. The van der Waals surface area contributed by atoms with E-state index in [1.165, 1.54) is 0 Å². The molecule has 130 valence electrons. The minimum atomic E-state index is -0.603. The van der Waals surface area contributed by atoms with Gasteiger partial charge in [-0.15, -0.1) is 0 Å². The zero-order valence-corrected chi connectivity index (χ0v) is 14.6. The van der Waals surface area contributed by atoms with Crippen LogP contribution in [-0.2, 0) is 12.6 Å². The number of benzene rings is 1. The van der Waals surface area contributed by atoms with E-state index in [1.54, 1.807) is 23.7 Å². The molecule has 0 bridgehead atoms. The quantitative estimate of drug-likeness (QED) is 0.761. The van der Waals surface area contributed by atoms with Gasteiger partial charge in [-0.05, 0) is 32.0 Å². The van der Waals surface area contributed by atoms with E-state index in [-0.39, 0.29) is 6.03 Å². The van der Waals surface area contributed by atoms with Crippen LogP contribution in [0.15, 0.2) is 41.1 Å². The summed E-state index contributed by atoms with van der Waals surface area (Å²) in [7, 11) is 1.84. The Morgan fingerprint density at radius 3 is 2.72 bits per heavy atom. The predicted octanol–water partition coefficient (Wildman–Crippen LogP) is 2.84. The highest BCUT2D eigenvalue weighted by Crippen LogP contribution is 2.21. The fourth-order valence-corrected chi connectivity index (χ4v) is 2.41. The summed E-state index contributed by atoms with van der Waals surface area (Å²) in [5.74, 6) is 0.971. The molecule has 0 saturated carbocycles. The van der Waals surface area contributed by atoms with Crippen LogP contribution in [0.2, 0.25) is 0 Å². The predicted molar refractivity (Wildman–Crippen MR) is 92.9 cm³/mol. The molecule has 0 saturated heterocycles. The summed E-state index contributed by atoms with van der Waals surface area (Å²) in [5.41, 5.74) is 1.57. The summed E-state index contributed by atoms with van der Waals surface area (Å²) in [6.45, 7) is 5.52. The van der Waals surface area contributed by atoms with Gasteiger partial charge in [-0.1, -0.05) is 17.3 Å². The number of nitrogens with one attached hydrogen (secondary N) is 2. The molecule has 25 heavy (non-hydrogen) atoms. The zero-order valence-electron chi connectivity index (χ0n) is 14.6. The highest BCUT2D eigenvalue weighted by atomic mass is 16.5. The van der Waals surface area contributed by atoms with E-state index in [4.69, 9.17) is 4.52 Å². The van der Waals surface area contributed by atoms with E-state index in [9.17, 15) is 4.79 Å². The molecule has 0 aliphatic rings. The third kappa shape index (κ3) is 3.85. The molecule has 1 aromatic carbocycles. The number of carbonyl (C=O) groups is 1. The number of carbonyl (C=O) groups excluding carboxylic acids is 1. The Balaban J connectivity index is 1.71. The highest BCUT2D eigenvalue weighted by Gasteiger charge is 2.25. The maximum atomic E-state index is 12.4. The Morgan fingerprint density at radius 1 is 1.28 bits per heavy atom. The lowest BCUT2D eigenvalue weighted by Crippen LogP contribution is -2.43. The van der Waals surface area contributed by atoms with Gasteiger partial charge in [-0.3, -0.25) is 4.68 Å². The second kappa shape index (κ2) is 6.39. The average molecular weight is 340 g/mol. The van der Waals surface area contributed by atoms with Gasteiger partial charge in [0.05, 0.1) is 11.2 Å². The van der Waals surface area contributed by atoms with Crippen LogP contribution >= 0.6 is 0 Å². The van der Waals surface area contributed by atoms with Crippen molar-refractivity contribution in [2.45, 2.75) is 26.3 Å². The number of nitrogens with zero attached hydrogens (tertiary/aromatic N) is 4. The molecule has 0 aliphatic heterocycles. The first-order valence-corrected chi connectivity index (χ1v) is 7.83. The summed E-state index contributed by atoms with van der Waals surface area (Å²) >= 11 is 0. The third-order valence-electron chi connectivity index (χ3n) is 3.69. The summed E-state index contributed by atoms with van der Waals surface area (Å²) in [6, 6.07) is 8.81. The number of urea groups is 1. The number of hydrogen-bond acceptors (Lipinski definition) is 5. The molecule has 8 nitrogen and oxygen atoms in total. The Labute approximate surface area is 145 Å². The van der Waals surface area contributed by atoms with Crippen molar-refractivity contribution in [3.05, 3.63) is 48.1 Å². The van der Waals surface area contributed by atoms with Crippen LogP contribution < -0.4 is 10.6 Å². The average Bonchev–Trinajstić information content (AvgIpc) is 3.16. The number of amides is 2. The molecular weight excluding hydrogens is 320 g/mol. The van der Waals surface area contributed by atoms with Gasteiger partial charge in [0.2, 0.25) is 11.7 Å². The van der Waals surface area contributed by atoms with Crippen molar-refractivity contribution < 1.29 is 9.32 Å². The lowest BCUT2D eigenvalue weighted by Gasteiger charge is -2.24. The zero-order chi connectivity index (χ0) is 18.0. The molecule has 0 atom stereocenters. The molecule has 2 amide bonds. The maximum Gasteiger partial charge on any atom is 0.319 e. The van der Waals surface area contributed by atoms with E-state index in [2.05, 4.69) is 25.9 Å². The SMILES string of the molecule is Cc1nc(-c2cccc(NC(=O)NC(C)(C)c3ccn(C)n3)c2)no1. The smallest absolute Gasteiger partial charge is 0.319 e. The van der Waals surface area contributed by atoms with Crippen molar-refractivity contribution >= 4 is 11.7 Å². The molecule has 2 heterocycles. The number of aryl methyl sites for hydroxylation is 2. The van der Waals surface area contributed by atoms with Gasteiger partial charge >= 0.3 is 6.03 Å². The van der Waals surface area contributed by atoms with Crippen LogP contribution in [0, 0.1) is 6.92 Å². The second-order valence-corrected chi connectivity index (χ2v) is 6.30. The number of anilines is 1. The Hall–Kier alpha value is -3.16. The van der Waals surface area contributed by atoms with E-state index in [0.717, 1.165) is 11.3 Å². The van der Waals surface area contributed by atoms with Gasteiger partial charge in [-0.2, -0.15) is 10.1 Å². The molecule has 0 spiro atoms. The van der Waals surface area contributed by atoms with Crippen molar-refractivity contribution in [3.63, 3.8) is 0 Å². The van der Waals surface area contributed by atoms with Crippen molar-refractivity contribution in [2.75, 3.05) is 5.32 Å². The van der Waals surface area contributed by atoms with Crippen LogP contribution in [0.5, 0.6) is 0 Å². The maximum absolute atomic E-state index is 12.4. The summed E-state index contributed by atoms with van der Waals surface area (Å²) in [5, 5.41) is 14.0. The molecule has 3 aromatic rings. The van der Waals surface area contributed by atoms with Gasteiger partial charge in [0.25, 0.3) is 0 Å². The lowest BCUT2D eigenvalue weighted by atomic mass is 10.0. The van der Waals surface area contributed by atoms with Gasteiger partial charge in [0.1, 0.15) is 0 Å². The number of rotatable bonds is 4. The molecule has 2 aromatic heterocycles. The van der Waals surface area contributed by atoms with Gasteiger partial charge in [0, 0.05) is 31.4 Å². The van der Waals surface area contributed by atoms with Crippen molar-refractivity contribution in [1.29, 1.82) is 0 Å². The van der Waals surface area contributed by atoms with Gasteiger partial charge < -0.3 is 15.2 Å². The van der Waals surface area contributed by atoms with Crippen LogP contribution in [-0.4, -0.2) is 26.0 Å². The van der Waals surface area contributed by atoms with E-state index in [0.29, 0.717) is 17.4 Å². The normalized spacial score (nSPS) is 11.4. The summed E-state index contributed by atoms with van der Waals surface area (Å²) < 4.78 is 6.69. The molecule has 3 rings (SSSR count). The van der Waals surface area contributed by atoms with Crippen molar-refractivity contribution in [2.24, 2.45) is 7.05 Å². The first-order valence-electron chi connectivity index (χ1n) is 7.83. The van der Waals surface area contributed by atoms with Crippen molar-refractivity contribution in [3.8, 4) is 11.4 Å². The number of aromatic nitrogens is 4. The fraction of sp³-hybridized carbons (Fsp3) is 0.294. The van der Waals surface area contributed by atoms with Gasteiger partial charge in [-0.25, -0.2) is 4.79 Å². The van der Waals surface area contributed by atoms with Crippen molar-refractivity contribution in [1.82, 2.24) is 25.2 Å². The highest BCUT2D eigenvalue weighted by molar-refractivity contribution is 5.90. The van der Waals surface area contributed by atoms with Crippen LogP contribution in [0.3, 0.4) is 0 Å². The molecular formula is C17H20N6O2. The van der Waals surface area contributed by atoms with Crippen LogP contribution in [0.4, 0.5) is 10.5 Å². The fourth-order valence-electron chi connectivity index (χ4n) is 2.41. The second-order valence-electron chi connectivity index (χ2n) is 6.30. The van der Waals surface area contributed by atoms with Crippen LogP contribution in [0.25, 0.3) is 11.4 Å². The Kier molecular flexibility index (Phi) is 4.26. The van der Waals surface area contributed by atoms with Crippen LogP contribution in [0.1, 0.15) is 25.4 Å². The lowest BCUT2D eigenvalue weighted by molar-refractivity contribution is 0.241. The molecule has 2 N–H and O–H groups in total.